The summed E-state index contributed by atoms with van der Waals surface area (Å²) in [6, 6.07) is 2.08. The predicted octanol–water partition coefficient (Wildman–Crippen LogP) is 2.19. The summed E-state index contributed by atoms with van der Waals surface area (Å²) in [5, 5.41) is 4.13. The first-order valence-corrected chi connectivity index (χ1v) is 6.08. The first-order chi connectivity index (χ1) is 7.25. The maximum absolute atomic E-state index is 5.89. The van der Waals surface area contributed by atoms with E-state index in [2.05, 4.69) is 11.4 Å². The molecule has 0 amide bonds. The van der Waals surface area contributed by atoms with Crippen molar-refractivity contribution in [3.05, 3.63) is 22.4 Å². The summed E-state index contributed by atoms with van der Waals surface area (Å²) >= 11 is 1.67. The third kappa shape index (κ3) is 4.30. The Balaban J connectivity index is 2.39. The Morgan fingerprint density at radius 1 is 1.47 bits per heavy atom. The molecule has 0 spiro atoms. The lowest BCUT2D eigenvalue weighted by atomic mass is 10.1. The second kappa shape index (κ2) is 6.95. The van der Waals surface area contributed by atoms with Crippen molar-refractivity contribution in [3.63, 3.8) is 0 Å². The van der Waals surface area contributed by atoms with E-state index >= 15 is 0 Å². The summed E-state index contributed by atoms with van der Waals surface area (Å²) in [6.45, 7) is 3.39. The Kier molecular flexibility index (Phi) is 5.86. The van der Waals surface area contributed by atoms with Crippen molar-refractivity contribution in [1.29, 1.82) is 0 Å². The molecule has 1 heterocycles. The highest BCUT2D eigenvalue weighted by molar-refractivity contribution is 7.07. The Hall–Kier alpha value is -0.420. The highest BCUT2D eigenvalue weighted by Gasteiger charge is 2.16. The van der Waals surface area contributed by atoms with Crippen LogP contribution in [0.3, 0.4) is 0 Å². The largest absolute Gasteiger partial charge is 0.385 e. The number of nitrogens with two attached hydrogens (primary N) is 1. The fourth-order valence-corrected chi connectivity index (χ4v) is 2.09. The van der Waals surface area contributed by atoms with Gasteiger partial charge in [0.1, 0.15) is 0 Å². The molecule has 1 aromatic heterocycles. The second-order valence-corrected chi connectivity index (χ2v) is 4.33. The van der Waals surface area contributed by atoms with Crippen LogP contribution in [0.2, 0.25) is 0 Å². The standard InChI is InChI=1S/C11H19NO2S/c1-9(12)11(10-4-7-15-8-10)14-6-3-5-13-2/h4,7-9,11H,3,5-6,12H2,1-2H3. The van der Waals surface area contributed by atoms with E-state index in [1.165, 1.54) is 5.56 Å². The molecule has 2 atom stereocenters. The van der Waals surface area contributed by atoms with Crippen LogP contribution in [0, 0.1) is 0 Å². The number of methoxy groups -OCH3 is 1. The van der Waals surface area contributed by atoms with Crippen LogP contribution in [-0.2, 0) is 9.47 Å². The van der Waals surface area contributed by atoms with Crippen LogP contribution in [-0.4, -0.2) is 26.4 Å². The molecule has 0 aliphatic carbocycles. The molecular weight excluding hydrogens is 210 g/mol. The van der Waals surface area contributed by atoms with Gasteiger partial charge in [-0.15, -0.1) is 0 Å². The SMILES string of the molecule is COCCCOC(c1ccsc1)C(C)N. The van der Waals surface area contributed by atoms with E-state index in [0.29, 0.717) is 6.61 Å². The van der Waals surface area contributed by atoms with Gasteiger partial charge in [-0.1, -0.05) is 0 Å². The molecule has 0 saturated heterocycles. The summed E-state index contributed by atoms with van der Waals surface area (Å²) in [6.07, 6.45) is 0.914. The normalized spacial score (nSPS) is 15.1. The number of thiophene rings is 1. The molecule has 3 nitrogen and oxygen atoms in total. The van der Waals surface area contributed by atoms with Gasteiger partial charge in [0.2, 0.25) is 0 Å². The number of ether oxygens (including phenoxy) is 2. The van der Waals surface area contributed by atoms with E-state index in [1.807, 2.05) is 12.3 Å². The van der Waals surface area contributed by atoms with Crippen molar-refractivity contribution in [2.45, 2.75) is 25.5 Å². The van der Waals surface area contributed by atoms with E-state index in [-0.39, 0.29) is 12.1 Å². The molecule has 0 aliphatic heterocycles. The van der Waals surface area contributed by atoms with E-state index in [9.17, 15) is 0 Å². The molecule has 15 heavy (non-hydrogen) atoms. The van der Waals surface area contributed by atoms with Crippen LogP contribution in [0.15, 0.2) is 16.8 Å². The molecule has 4 heteroatoms. The zero-order valence-corrected chi connectivity index (χ0v) is 10.1. The molecule has 1 aromatic rings. The summed E-state index contributed by atoms with van der Waals surface area (Å²) in [5.74, 6) is 0. The molecule has 0 aliphatic rings. The summed E-state index contributed by atoms with van der Waals surface area (Å²) in [4.78, 5) is 0. The van der Waals surface area contributed by atoms with Crippen LogP contribution in [0.1, 0.15) is 25.0 Å². The molecule has 86 valence electrons. The topological polar surface area (TPSA) is 44.5 Å². The number of rotatable bonds is 7. The number of hydrogen-bond donors (Lipinski definition) is 1. The van der Waals surface area contributed by atoms with Crippen molar-refractivity contribution in [1.82, 2.24) is 0 Å². The van der Waals surface area contributed by atoms with Crippen LogP contribution in [0.4, 0.5) is 0 Å². The van der Waals surface area contributed by atoms with Crippen molar-refractivity contribution >= 4 is 11.3 Å². The smallest absolute Gasteiger partial charge is 0.0980 e. The van der Waals surface area contributed by atoms with E-state index in [0.717, 1.165) is 13.0 Å². The zero-order valence-electron chi connectivity index (χ0n) is 9.31. The molecular formula is C11H19NO2S. The molecule has 0 fully saturated rings. The minimum absolute atomic E-state index is 0.00751. The van der Waals surface area contributed by atoms with Gasteiger partial charge in [0.15, 0.2) is 0 Å². The lowest BCUT2D eigenvalue weighted by Gasteiger charge is -2.20. The van der Waals surface area contributed by atoms with E-state index < -0.39 is 0 Å². The summed E-state index contributed by atoms with van der Waals surface area (Å²) in [7, 11) is 1.70. The van der Waals surface area contributed by atoms with Gasteiger partial charge >= 0.3 is 0 Å². The van der Waals surface area contributed by atoms with Crippen LogP contribution >= 0.6 is 11.3 Å². The molecule has 0 aromatic carbocycles. The quantitative estimate of drug-likeness (QED) is 0.729. The molecule has 0 saturated carbocycles. The Bertz CT molecular complexity index is 249. The average Bonchev–Trinajstić information content (AvgIpc) is 2.70. The molecule has 2 N–H and O–H groups in total. The fourth-order valence-electron chi connectivity index (χ4n) is 1.40. The van der Waals surface area contributed by atoms with E-state index in [4.69, 9.17) is 15.2 Å². The van der Waals surface area contributed by atoms with Crippen molar-refractivity contribution in [2.75, 3.05) is 20.3 Å². The van der Waals surface area contributed by atoms with Crippen LogP contribution in [0.25, 0.3) is 0 Å². The van der Waals surface area contributed by atoms with Gasteiger partial charge in [-0.05, 0) is 35.7 Å². The van der Waals surface area contributed by atoms with Gasteiger partial charge in [-0.25, -0.2) is 0 Å². The monoisotopic (exact) mass is 229 g/mol. The highest BCUT2D eigenvalue weighted by Crippen LogP contribution is 2.22. The molecule has 1 rings (SSSR count). The summed E-state index contributed by atoms with van der Waals surface area (Å²) in [5.41, 5.74) is 7.06. The molecule has 0 radical (unpaired) electrons. The third-order valence-electron chi connectivity index (χ3n) is 2.14. The van der Waals surface area contributed by atoms with Gasteiger partial charge in [0, 0.05) is 26.4 Å². The first-order valence-electron chi connectivity index (χ1n) is 5.14. The van der Waals surface area contributed by atoms with Gasteiger partial charge in [0.05, 0.1) is 6.10 Å². The first kappa shape index (κ1) is 12.6. The van der Waals surface area contributed by atoms with Crippen molar-refractivity contribution in [3.8, 4) is 0 Å². The van der Waals surface area contributed by atoms with E-state index in [1.54, 1.807) is 18.4 Å². The molecule has 0 bridgehead atoms. The maximum Gasteiger partial charge on any atom is 0.0980 e. The number of hydrogen-bond acceptors (Lipinski definition) is 4. The lowest BCUT2D eigenvalue weighted by molar-refractivity contribution is 0.0267. The van der Waals surface area contributed by atoms with Crippen molar-refractivity contribution < 1.29 is 9.47 Å². The second-order valence-electron chi connectivity index (χ2n) is 3.55. The Morgan fingerprint density at radius 3 is 2.80 bits per heavy atom. The predicted molar refractivity (Wildman–Crippen MR) is 63.2 cm³/mol. The van der Waals surface area contributed by atoms with Crippen molar-refractivity contribution in [2.24, 2.45) is 5.73 Å². The molecule has 2 unspecified atom stereocenters. The van der Waals surface area contributed by atoms with Crippen LogP contribution in [0.5, 0.6) is 0 Å². The summed E-state index contributed by atoms with van der Waals surface area (Å²) < 4.78 is 10.7. The van der Waals surface area contributed by atoms with Gasteiger partial charge in [0.25, 0.3) is 0 Å². The van der Waals surface area contributed by atoms with Gasteiger partial charge in [-0.3, -0.25) is 0 Å². The van der Waals surface area contributed by atoms with Crippen LogP contribution < -0.4 is 5.73 Å². The maximum atomic E-state index is 5.89. The van der Waals surface area contributed by atoms with Gasteiger partial charge in [-0.2, -0.15) is 11.3 Å². The average molecular weight is 229 g/mol. The Labute approximate surface area is 95.2 Å². The minimum Gasteiger partial charge on any atom is -0.385 e. The lowest BCUT2D eigenvalue weighted by Crippen LogP contribution is -2.27. The highest BCUT2D eigenvalue weighted by atomic mass is 32.1. The Morgan fingerprint density at radius 2 is 2.27 bits per heavy atom. The minimum atomic E-state index is 0.00751. The zero-order chi connectivity index (χ0) is 11.1. The van der Waals surface area contributed by atoms with Gasteiger partial charge < -0.3 is 15.2 Å². The third-order valence-corrected chi connectivity index (χ3v) is 2.84. The fraction of sp³-hybridized carbons (Fsp3) is 0.636.